The summed E-state index contributed by atoms with van der Waals surface area (Å²) in [7, 11) is 0. The highest BCUT2D eigenvalue weighted by Gasteiger charge is 2.49. The number of aromatic nitrogens is 1. The Morgan fingerprint density at radius 3 is 2.70 bits per heavy atom. The number of amides is 1. The fourth-order valence-corrected chi connectivity index (χ4v) is 3.45. The monoisotopic (exact) mass is 308 g/mol. The van der Waals surface area contributed by atoms with Gasteiger partial charge in [0.2, 0.25) is 0 Å². The minimum absolute atomic E-state index is 0.0851. The van der Waals surface area contributed by atoms with Crippen LogP contribution in [0.15, 0.2) is 42.6 Å². The number of pyridine rings is 1. The van der Waals surface area contributed by atoms with Crippen LogP contribution < -0.4 is 0 Å². The van der Waals surface area contributed by atoms with Gasteiger partial charge in [-0.2, -0.15) is 0 Å². The molecule has 116 valence electrons. The van der Waals surface area contributed by atoms with Crippen molar-refractivity contribution in [1.29, 1.82) is 0 Å². The van der Waals surface area contributed by atoms with Crippen molar-refractivity contribution >= 4 is 11.9 Å². The van der Waals surface area contributed by atoms with Crippen molar-refractivity contribution in [1.82, 2.24) is 9.88 Å². The lowest BCUT2D eigenvalue weighted by atomic mass is 9.87. The second-order valence-corrected chi connectivity index (χ2v) is 6.33. The number of carbonyl (C=O) groups is 2. The van der Waals surface area contributed by atoms with Crippen LogP contribution in [-0.2, 0) is 12.0 Å². The molecule has 2 heterocycles. The van der Waals surface area contributed by atoms with Gasteiger partial charge in [-0.1, -0.05) is 24.3 Å². The highest BCUT2D eigenvalue weighted by atomic mass is 16.4. The van der Waals surface area contributed by atoms with E-state index in [-0.39, 0.29) is 22.6 Å². The largest absolute Gasteiger partial charge is 0.478 e. The van der Waals surface area contributed by atoms with Crippen LogP contribution in [0.25, 0.3) is 0 Å². The normalized spacial score (nSPS) is 17.7. The van der Waals surface area contributed by atoms with Gasteiger partial charge >= 0.3 is 5.97 Å². The molecule has 1 spiro atoms. The lowest BCUT2D eigenvalue weighted by Gasteiger charge is -2.35. The molecule has 5 nitrogen and oxygen atoms in total. The van der Waals surface area contributed by atoms with Gasteiger partial charge in [0.25, 0.3) is 5.91 Å². The molecular weight excluding hydrogens is 292 g/mol. The van der Waals surface area contributed by atoms with Crippen LogP contribution in [0, 0.1) is 0 Å². The molecule has 1 aliphatic carbocycles. The molecule has 5 heteroatoms. The van der Waals surface area contributed by atoms with E-state index in [0.29, 0.717) is 13.1 Å². The Morgan fingerprint density at radius 2 is 1.96 bits per heavy atom. The SMILES string of the molecule is O=C(O)c1ccnc(C(=O)N2Cc3ccccc3C3(CC3)C2)c1. The second kappa shape index (κ2) is 4.91. The predicted molar refractivity (Wildman–Crippen MR) is 83.3 cm³/mol. The van der Waals surface area contributed by atoms with E-state index < -0.39 is 5.97 Å². The van der Waals surface area contributed by atoms with Crippen molar-refractivity contribution in [3.05, 3.63) is 65.0 Å². The van der Waals surface area contributed by atoms with E-state index in [4.69, 9.17) is 5.11 Å². The number of aromatic carboxylic acids is 1. The third-order valence-corrected chi connectivity index (χ3v) is 4.81. The van der Waals surface area contributed by atoms with Gasteiger partial charge in [0.05, 0.1) is 5.56 Å². The fourth-order valence-electron chi connectivity index (χ4n) is 3.45. The topological polar surface area (TPSA) is 70.5 Å². The summed E-state index contributed by atoms with van der Waals surface area (Å²) in [6.45, 7) is 1.23. The van der Waals surface area contributed by atoms with Crippen molar-refractivity contribution in [2.75, 3.05) is 6.54 Å². The molecule has 2 aromatic rings. The summed E-state index contributed by atoms with van der Waals surface area (Å²) >= 11 is 0. The molecule has 2 aliphatic rings. The van der Waals surface area contributed by atoms with Crippen LogP contribution >= 0.6 is 0 Å². The highest BCUT2D eigenvalue weighted by Crippen LogP contribution is 2.52. The number of benzene rings is 1. The zero-order valence-electron chi connectivity index (χ0n) is 12.5. The minimum Gasteiger partial charge on any atom is -0.478 e. The molecule has 0 bridgehead atoms. The Bertz CT molecular complexity index is 811. The van der Waals surface area contributed by atoms with Crippen LogP contribution in [-0.4, -0.2) is 33.4 Å². The van der Waals surface area contributed by atoms with E-state index >= 15 is 0 Å². The lowest BCUT2D eigenvalue weighted by molar-refractivity contribution is 0.0696. The minimum atomic E-state index is -1.05. The average molecular weight is 308 g/mol. The van der Waals surface area contributed by atoms with E-state index in [2.05, 4.69) is 17.1 Å². The van der Waals surface area contributed by atoms with Crippen LogP contribution in [0.1, 0.15) is 44.8 Å². The third-order valence-electron chi connectivity index (χ3n) is 4.81. The van der Waals surface area contributed by atoms with Gasteiger partial charge in [0.15, 0.2) is 0 Å². The molecule has 0 atom stereocenters. The van der Waals surface area contributed by atoms with Gasteiger partial charge in [-0.25, -0.2) is 4.79 Å². The molecule has 0 saturated heterocycles. The van der Waals surface area contributed by atoms with Crippen LogP contribution in [0.5, 0.6) is 0 Å². The maximum Gasteiger partial charge on any atom is 0.335 e. The van der Waals surface area contributed by atoms with Crippen LogP contribution in [0.4, 0.5) is 0 Å². The number of fused-ring (bicyclic) bond motifs is 2. The summed E-state index contributed by atoms with van der Waals surface area (Å²) in [5.41, 5.74) is 2.91. The first-order chi connectivity index (χ1) is 11.1. The molecule has 1 aromatic carbocycles. The van der Waals surface area contributed by atoms with Crippen molar-refractivity contribution < 1.29 is 14.7 Å². The molecular formula is C18H16N2O3. The van der Waals surface area contributed by atoms with Crippen molar-refractivity contribution in [2.24, 2.45) is 0 Å². The Kier molecular flexibility index (Phi) is 2.98. The molecule has 23 heavy (non-hydrogen) atoms. The lowest BCUT2D eigenvalue weighted by Crippen LogP contribution is -2.42. The highest BCUT2D eigenvalue weighted by molar-refractivity contribution is 5.96. The summed E-state index contributed by atoms with van der Waals surface area (Å²) in [6.07, 6.45) is 3.56. The second-order valence-electron chi connectivity index (χ2n) is 6.33. The van der Waals surface area contributed by atoms with E-state index in [1.54, 1.807) is 4.90 Å². The van der Waals surface area contributed by atoms with E-state index in [9.17, 15) is 9.59 Å². The Labute approximate surface area is 133 Å². The average Bonchev–Trinajstić information content (AvgIpc) is 3.34. The number of hydrogen-bond donors (Lipinski definition) is 1. The molecule has 1 amide bonds. The van der Waals surface area contributed by atoms with Crippen LogP contribution in [0.2, 0.25) is 0 Å². The maximum atomic E-state index is 12.8. The molecule has 1 N–H and O–H groups in total. The molecule has 1 fully saturated rings. The summed E-state index contributed by atoms with van der Waals surface area (Å²) < 4.78 is 0. The summed E-state index contributed by atoms with van der Waals surface area (Å²) in [5.74, 6) is -1.25. The quantitative estimate of drug-likeness (QED) is 0.925. The zero-order valence-corrected chi connectivity index (χ0v) is 12.5. The Morgan fingerprint density at radius 1 is 1.17 bits per heavy atom. The Hall–Kier alpha value is -2.69. The molecule has 0 unspecified atom stereocenters. The summed E-state index contributed by atoms with van der Waals surface area (Å²) in [5, 5.41) is 9.07. The van der Waals surface area contributed by atoms with Gasteiger partial charge in [-0.15, -0.1) is 0 Å². The van der Waals surface area contributed by atoms with Crippen molar-refractivity contribution in [2.45, 2.75) is 24.8 Å². The number of carbonyl (C=O) groups excluding carboxylic acids is 1. The third kappa shape index (κ3) is 2.29. The molecule has 1 aromatic heterocycles. The fraction of sp³-hybridized carbons (Fsp3) is 0.278. The number of nitrogens with zero attached hydrogens (tertiary/aromatic N) is 2. The standard InChI is InChI=1S/C18H16N2O3/c21-16(15-9-12(17(22)23)5-8-19-15)20-10-13-3-1-2-4-14(13)18(11-20)6-7-18/h1-5,8-9H,6-7,10-11H2,(H,22,23). The number of carboxylic acids is 1. The van der Waals surface area contributed by atoms with Crippen molar-refractivity contribution in [3.63, 3.8) is 0 Å². The number of hydrogen-bond acceptors (Lipinski definition) is 3. The van der Waals surface area contributed by atoms with Gasteiger partial charge in [0.1, 0.15) is 5.69 Å². The van der Waals surface area contributed by atoms with Gasteiger partial charge < -0.3 is 10.0 Å². The maximum absolute atomic E-state index is 12.8. The molecule has 4 rings (SSSR count). The first kappa shape index (κ1) is 13.9. The number of carboxylic acid groups (broad SMARTS) is 1. The van der Waals surface area contributed by atoms with E-state index in [0.717, 1.165) is 12.8 Å². The van der Waals surface area contributed by atoms with Gasteiger partial charge in [-0.3, -0.25) is 9.78 Å². The zero-order chi connectivity index (χ0) is 16.0. The van der Waals surface area contributed by atoms with Gasteiger partial charge in [0, 0.05) is 24.7 Å². The summed E-state index contributed by atoms with van der Waals surface area (Å²) in [6, 6.07) is 11.0. The Balaban J connectivity index is 1.66. The smallest absolute Gasteiger partial charge is 0.335 e. The number of rotatable bonds is 2. The predicted octanol–water partition coefficient (Wildman–Crippen LogP) is 2.47. The first-order valence-corrected chi connectivity index (χ1v) is 7.66. The molecule has 1 saturated carbocycles. The van der Waals surface area contributed by atoms with Crippen molar-refractivity contribution in [3.8, 4) is 0 Å². The van der Waals surface area contributed by atoms with Crippen LogP contribution in [0.3, 0.4) is 0 Å². The van der Waals surface area contributed by atoms with E-state index in [1.165, 1.54) is 29.5 Å². The van der Waals surface area contributed by atoms with Gasteiger partial charge in [-0.05, 0) is 36.1 Å². The summed E-state index contributed by atoms with van der Waals surface area (Å²) in [4.78, 5) is 29.7. The van der Waals surface area contributed by atoms with E-state index in [1.807, 2.05) is 12.1 Å². The molecule has 0 radical (unpaired) electrons. The molecule has 1 aliphatic heterocycles. The first-order valence-electron chi connectivity index (χ1n) is 7.66.